The van der Waals surface area contributed by atoms with Crippen molar-refractivity contribution >= 4 is 23.9 Å². The largest absolute Gasteiger partial charge is 0.480 e. The van der Waals surface area contributed by atoms with E-state index in [9.17, 15) is 18.8 Å². The molecule has 3 heterocycles. The number of fused-ring (bicyclic) bond motifs is 2. The highest BCUT2D eigenvalue weighted by Crippen LogP contribution is 2.41. The second kappa shape index (κ2) is 10.7. The molecule has 0 unspecified atom stereocenters. The number of halogens is 1. The fraction of sp³-hybridized carbons (Fsp3) is 0.370. The van der Waals surface area contributed by atoms with Gasteiger partial charge in [-0.25, -0.2) is 9.18 Å². The summed E-state index contributed by atoms with van der Waals surface area (Å²) in [4.78, 5) is 42.2. The maximum Gasteiger partial charge on any atom is 0.322 e. The van der Waals surface area contributed by atoms with E-state index in [2.05, 4.69) is 50.0 Å². The SMILES string of the molecule is O=C1NC(=O)[C@@]2(C[C@@H](C(=O)NCCN3CCN(CC=Cc4ccccc4)CC3)Oc3ccc(F)cc32)N1. The summed E-state index contributed by atoms with van der Waals surface area (Å²) in [5, 5.41) is 7.66. The molecule has 2 atom stereocenters. The topological polar surface area (TPSA) is 103 Å². The summed E-state index contributed by atoms with van der Waals surface area (Å²) in [5.41, 5.74) is -0.146. The number of benzene rings is 2. The monoisotopic (exact) mass is 507 g/mol. The third-order valence-corrected chi connectivity index (χ3v) is 7.06. The van der Waals surface area contributed by atoms with Gasteiger partial charge in [0.2, 0.25) is 0 Å². The molecule has 3 N–H and O–H groups in total. The van der Waals surface area contributed by atoms with Gasteiger partial charge in [0.1, 0.15) is 11.6 Å². The number of piperazine rings is 1. The third kappa shape index (κ3) is 5.50. The average molecular weight is 508 g/mol. The minimum atomic E-state index is -1.54. The lowest BCUT2D eigenvalue weighted by Crippen LogP contribution is -2.55. The number of nitrogens with zero attached hydrogens (tertiary/aromatic N) is 2. The fourth-order valence-corrected chi connectivity index (χ4v) is 5.04. The van der Waals surface area contributed by atoms with Gasteiger partial charge in [0.15, 0.2) is 11.6 Å². The van der Waals surface area contributed by atoms with Gasteiger partial charge in [-0.1, -0.05) is 42.5 Å². The first-order valence-corrected chi connectivity index (χ1v) is 12.5. The Labute approximate surface area is 214 Å². The van der Waals surface area contributed by atoms with Crippen LogP contribution >= 0.6 is 0 Å². The summed E-state index contributed by atoms with van der Waals surface area (Å²) in [6.45, 7) is 5.72. The number of amides is 4. The van der Waals surface area contributed by atoms with Crippen LogP contribution < -0.4 is 20.7 Å². The lowest BCUT2D eigenvalue weighted by atomic mass is 9.81. The van der Waals surface area contributed by atoms with Crippen molar-refractivity contribution in [1.82, 2.24) is 25.8 Å². The first-order valence-electron chi connectivity index (χ1n) is 12.5. The summed E-state index contributed by atoms with van der Waals surface area (Å²) < 4.78 is 19.7. The Bertz CT molecular complexity index is 1200. The Morgan fingerprint density at radius 1 is 1.11 bits per heavy atom. The molecule has 0 saturated carbocycles. The van der Waals surface area contributed by atoms with Gasteiger partial charge in [0.25, 0.3) is 11.8 Å². The minimum absolute atomic E-state index is 0.123. The van der Waals surface area contributed by atoms with Crippen molar-refractivity contribution in [3.05, 3.63) is 71.6 Å². The van der Waals surface area contributed by atoms with Gasteiger partial charge < -0.3 is 15.4 Å². The molecule has 0 bridgehead atoms. The zero-order valence-corrected chi connectivity index (χ0v) is 20.4. The number of carbonyl (C=O) groups excluding carboxylic acids is 3. The van der Waals surface area contributed by atoms with Crippen molar-refractivity contribution in [3.63, 3.8) is 0 Å². The standard InChI is InChI=1S/C27H30FN5O4/c28-20-8-9-22-21(17-20)27(25(35)30-26(36)31-27)18-23(37-22)24(34)29-10-12-33-15-13-32(14-16-33)11-4-7-19-5-2-1-3-6-19/h1-9,17,23H,10-16,18H2,(H,29,34)(H2,30,31,35,36)/t23-,27-/m0/s1. The van der Waals surface area contributed by atoms with Gasteiger partial charge in [0.05, 0.1) is 0 Å². The molecule has 0 aromatic heterocycles. The van der Waals surface area contributed by atoms with Crippen molar-refractivity contribution in [2.45, 2.75) is 18.1 Å². The highest BCUT2D eigenvalue weighted by molar-refractivity contribution is 6.08. The van der Waals surface area contributed by atoms with Crippen molar-refractivity contribution in [1.29, 1.82) is 0 Å². The van der Waals surface area contributed by atoms with Crippen molar-refractivity contribution in [3.8, 4) is 5.75 Å². The van der Waals surface area contributed by atoms with E-state index in [-0.39, 0.29) is 23.6 Å². The molecule has 194 valence electrons. The highest BCUT2D eigenvalue weighted by atomic mass is 19.1. The van der Waals surface area contributed by atoms with E-state index in [0.717, 1.165) is 38.8 Å². The molecule has 5 rings (SSSR count). The molecule has 3 aliphatic heterocycles. The van der Waals surface area contributed by atoms with Crippen LogP contribution in [0.5, 0.6) is 5.75 Å². The number of nitrogens with one attached hydrogen (secondary N) is 3. The van der Waals surface area contributed by atoms with Crippen LogP contribution in [0.1, 0.15) is 17.5 Å². The number of rotatable bonds is 7. The Morgan fingerprint density at radius 2 is 1.86 bits per heavy atom. The van der Waals surface area contributed by atoms with Gasteiger partial charge >= 0.3 is 6.03 Å². The van der Waals surface area contributed by atoms with Crippen LogP contribution in [0.4, 0.5) is 9.18 Å². The van der Waals surface area contributed by atoms with Crippen LogP contribution in [-0.4, -0.2) is 79.6 Å². The number of urea groups is 1. The van der Waals surface area contributed by atoms with Crippen LogP contribution in [0, 0.1) is 5.82 Å². The Kier molecular flexibility index (Phi) is 7.20. The summed E-state index contributed by atoms with van der Waals surface area (Å²) in [6.07, 6.45) is 3.19. The summed E-state index contributed by atoms with van der Waals surface area (Å²) >= 11 is 0. The Hall–Kier alpha value is -3.76. The van der Waals surface area contributed by atoms with E-state index >= 15 is 0 Å². The van der Waals surface area contributed by atoms with Crippen LogP contribution in [0.3, 0.4) is 0 Å². The number of hydrogen-bond acceptors (Lipinski definition) is 6. The Balaban J connectivity index is 1.10. The first-order chi connectivity index (χ1) is 17.9. The number of imide groups is 1. The summed E-state index contributed by atoms with van der Waals surface area (Å²) in [6, 6.07) is 13.3. The maximum absolute atomic E-state index is 13.9. The maximum atomic E-state index is 13.9. The van der Waals surface area contributed by atoms with Gasteiger partial charge in [-0.05, 0) is 23.8 Å². The lowest BCUT2D eigenvalue weighted by Gasteiger charge is -2.37. The predicted molar refractivity (Wildman–Crippen MR) is 135 cm³/mol. The molecule has 9 nitrogen and oxygen atoms in total. The lowest BCUT2D eigenvalue weighted by molar-refractivity contribution is -0.133. The van der Waals surface area contributed by atoms with E-state index in [1.54, 1.807) is 0 Å². The summed E-state index contributed by atoms with van der Waals surface area (Å²) in [5.74, 6) is -1.37. The van der Waals surface area contributed by atoms with E-state index in [0.29, 0.717) is 13.1 Å². The predicted octanol–water partition coefficient (Wildman–Crippen LogP) is 1.46. The van der Waals surface area contributed by atoms with E-state index in [1.807, 2.05) is 18.2 Å². The number of carbonyl (C=O) groups is 3. The summed E-state index contributed by atoms with van der Waals surface area (Å²) in [7, 11) is 0. The third-order valence-electron chi connectivity index (χ3n) is 7.06. The molecule has 2 fully saturated rings. The second-order valence-electron chi connectivity index (χ2n) is 9.51. The van der Waals surface area contributed by atoms with Crippen molar-refractivity contribution < 1.29 is 23.5 Å². The average Bonchev–Trinajstić information content (AvgIpc) is 3.18. The molecule has 37 heavy (non-hydrogen) atoms. The minimum Gasteiger partial charge on any atom is -0.480 e. The van der Waals surface area contributed by atoms with Crippen LogP contribution in [0.2, 0.25) is 0 Å². The molecule has 0 aliphatic carbocycles. The number of ether oxygens (including phenoxy) is 1. The molecule has 2 aromatic rings. The van der Waals surface area contributed by atoms with Gasteiger partial charge in [-0.3, -0.25) is 24.7 Å². The first kappa shape index (κ1) is 24.9. The van der Waals surface area contributed by atoms with Crippen LogP contribution in [-0.2, 0) is 15.1 Å². The normalized spacial score (nSPS) is 24.0. The Morgan fingerprint density at radius 3 is 2.59 bits per heavy atom. The smallest absolute Gasteiger partial charge is 0.322 e. The van der Waals surface area contributed by atoms with Crippen LogP contribution in [0.25, 0.3) is 6.08 Å². The second-order valence-corrected chi connectivity index (χ2v) is 9.51. The van der Waals surface area contributed by atoms with Crippen LogP contribution in [0.15, 0.2) is 54.6 Å². The van der Waals surface area contributed by atoms with Gasteiger partial charge in [0, 0.05) is 57.8 Å². The molecular formula is C27H30FN5O4. The molecule has 0 radical (unpaired) electrons. The molecule has 2 aromatic carbocycles. The van der Waals surface area contributed by atoms with Crippen molar-refractivity contribution in [2.75, 3.05) is 45.8 Å². The molecule has 1 spiro atoms. The molecule has 4 amide bonds. The van der Waals surface area contributed by atoms with E-state index < -0.39 is 29.4 Å². The molecule has 2 saturated heterocycles. The number of hydrogen-bond donors (Lipinski definition) is 3. The van der Waals surface area contributed by atoms with E-state index in [1.165, 1.54) is 17.7 Å². The van der Waals surface area contributed by atoms with E-state index in [4.69, 9.17) is 4.74 Å². The zero-order chi connectivity index (χ0) is 25.8. The molecule has 3 aliphatic rings. The fourth-order valence-electron chi connectivity index (χ4n) is 5.04. The molecule has 10 heteroatoms. The van der Waals surface area contributed by atoms with Gasteiger partial charge in [-0.2, -0.15) is 0 Å². The molecular weight excluding hydrogens is 477 g/mol. The van der Waals surface area contributed by atoms with Crippen molar-refractivity contribution in [2.24, 2.45) is 0 Å². The quantitative estimate of drug-likeness (QED) is 0.491. The zero-order valence-electron chi connectivity index (χ0n) is 20.4. The highest BCUT2D eigenvalue weighted by Gasteiger charge is 2.54. The van der Waals surface area contributed by atoms with Gasteiger partial charge in [-0.15, -0.1) is 0 Å².